The van der Waals surface area contributed by atoms with E-state index < -0.39 is 29.6 Å². The number of ether oxygens (including phenoxy) is 1. The van der Waals surface area contributed by atoms with Gasteiger partial charge in [0.2, 0.25) is 5.91 Å². The van der Waals surface area contributed by atoms with Crippen molar-refractivity contribution in [3.8, 4) is 5.75 Å². The van der Waals surface area contributed by atoms with Gasteiger partial charge in [-0.3, -0.25) is 14.4 Å². The third kappa shape index (κ3) is 6.82. The number of anilines is 1. The number of carbonyl (C=O) groups is 3. The van der Waals surface area contributed by atoms with E-state index in [1.807, 2.05) is 13.8 Å². The van der Waals surface area contributed by atoms with E-state index in [2.05, 4.69) is 9.69 Å². The van der Waals surface area contributed by atoms with Crippen LogP contribution >= 0.6 is 11.5 Å². The summed E-state index contributed by atoms with van der Waals surface area (Å²) in [5, 5.41) is 2.92. The molecule has 196 valence electrons. The molecular weight excluding hydrogens is 497 g/mol. The van der Waals surface area contributed by atoms with Gasteiger partial charge in [-0.05, 0) is 59.3 Å². The Kier molecular flexibility index (Phi) is 9.18. The van der Waals surface area contributed by atoms with E-state index in [4.69, 9.17) is 16.2 Å². The van der Waals surface area contributed by atoms with Crippen LogP contribution in [0.2, 0.25) is 0 Å². The number of nitrogens with zero attached hydrogens (tertiary/aromatic N) is 2. The van der Waals surface area contributed by atoms with Gasteiger partial charge in [0.15, 0.2) is 5.69 Å². The maximum absolute atomic E-state index is 13.9. The highest BCUT2D eigenvalue weighted by molar-refractivity contribution is 7.09. The van der Waals surface area contributed by atoms with Crippen molar-refractivity contribution >= 4 is 34.9 Å². The molecule has 0 saturated carbocycles. The van der Waals surface area contributed by atoms with Gasteiger partial charge in [0.1, 0.15) is 22.5 Å². The van der Waals surface area contributed by atoms with Crippen LogP contribution in [0.4, 0.5) is 10.1 Å². The van der Waals surface area contributed by atoms with E-state index in [1.54, 1.807) is 24.3 Å². The third-order valence-corrected chi connectivity index (χ3v) is 6.55. The Labute approximate surface area is 218 Å². The molecular formula is C26H30FN5O4S. The van der Waals surface area contributed by atoms with Gasteiger partial charge in [-0.1, -0.05) is 38.1 Å². The summed E-state index contributed by atoms with van der Waals surface area (Å²) < 4.78 is 22.8. The Morgan fingerprint density at radius 2 is 1.76 bits per heavy atom. The summed E-state index contributed by atoms with van der Waals surface area (Å²) in [6, 6.07) is 11.3. The average Bonchev–Trinajstić information content (AvgIpc) is 3.26. The number of benzene rings is 2. The second-order valence-electron chi connectivity index (χ2n) is 8.85. The Hall–Kier alpha value is -3.99. The van der Waals surface area contributed by atoms with Crippen LogP contribution in [-0.2, 0) is 11.3 Å². The number of nitrogens with two attached hydrogens (primary N) is 2. The number of nitrogen functional groups attached to an aromatic ring is 1. The highest BCUT2D eigenvalue weighted by atomic mass is 32.1. The predicted molar refractivity (Wildman–Crippen MR) is 140 cm³/mol. The Morgan fingerprint density at radius 1 is 1.11 bits per heavy atom. The van der Waals surface area contributed by atoms with Crippen LogP contribution in [0.3, 0.4) is 0 Å². The molecule has 0 fully saturated rings. The molecule has 0 saturated heterocycles. The first-order chi connectivity index (χ1) is 17.6. The number of halogens is 1. The SMILES string of the molecule is COc1ccc([C@H](C(=O)NCCC(C)C)N(Cc2ccc(F)cc2)C(=O)c2snc(C(N)=O)c2N)cc1. The van der Waals surface area contributed by atoms with Gasteiger partial charge in [-0.25, -0.2) is 4.39 Å². The zero-order chi connectivity index (χ0) is 27.1. The van der Waals surface area contributed by atoms with Gasteiger partial charge in [-0.15, -0.1) is 0 Å². The zero-order valence-corrected chi connectivity index (χ0v) is 21.7. The molecule has 37 heavy (non-hydrogen) atoms. The smallest absolute Gasteiger partial charge is 0.270 e. The molecule has 0 radical (unpaired) electrons. The van der Waals surface area contributed by atoms with Crippen LogP contribution in [0.15, 0.2) is 48.5 Å². The van der Waals surface area contributed by atoms with Crippen LogP contribution in [0.5, 0.6) is 5.75 Å². The standard InChI is InChI=1S/C26H30FN5O4S/c1-15(2)12-13-30-25(34)22(17-6-10-19(36-3)11-7-17)32(14-16-4-8-18(27)9-5-16)26(35)23-20(28)21(24(29)33)31-37-23/h4-11,15,22H,12-14,28H2,1-3H3,(H2,29,33)(H,30,34)/t22-/m1/s1. The fourth-order valence-electron chi connectivity index (χ4n) is 3.67. The van der Waals surface area contributed by atoms with Crippen molar-refractivity contribution < 1.29 is 23.5 Å². The highest BCUT2D eigenvalue weighted by Gasteiger charge is 2.35. The molecule has 0 bridgehead atoms. The van der Waals surface area contributed by atoms with Crippen LogP contribution in [0.1, 0.15) is 57.6 Å². The van der Waals surface area contributed by atoms with Crippen molar-refractivity contribution in [2.75, 3.05) is 19.4 Å². The topological polar surface area (TPSA) is 141 Å². The normalized spacial score (nSPS) is 11.7. The molecule has 3 amide bonds. The molecule has 3 rings (SSSR count). The van der Waals surface area contributed by atoms with Gasteiger partial charge in [0.05, 0.1) is 12.8 Å². The number of primary amides is 1. The zero-order valence-electron chi connectivity index (χ0n) is 20.9. The van der Waals surface area contributed by atoms with Crippen molar-refractivity contribution in [2.24, 2.45) is 11.7 Å². The van der Waals surface area contributed by atoms with E-state index in [9.17, 15) is 18.8 Å². The number of methoxy groups -OCH3 is 1. The maximum Gasteiger partial charge on any atom is 0.270 e. The summed E-state index contributed by atoms with van der Waals surface area (Å²) in [6.07, 6.45) is 0.747. The van der Waals surface area contributed by atoms with Crippen molar-refractivity contribution in [3.63, 3.8) is 0 Å². The minimum Gasteiger partial charge on any atom is -0.497 e. The van der Waals surface area contributed by atoms with Crippen molar-refractivity contribution in [3.05, 3.63) is 76.0 Å². The molecule has 0 aliphatic carbocycles. The van der Waals surface area contributed by atoms with E-state index in [0.717, 1.165) is 18.0 Å². The quantitative estimate of drug-likeness (QED) is 0.349. The van der Waals surface area contributed by atoms with Crippen molar-refractivity contribution in [1.29, 1.82) is 0 Å². The molecule has 2 aromatic carbocycles. The van der Waals surface area contributed by atoms with Gasteiger partial charge < -0.3 is 26.4 Å². The second kappa shape index (κ2) is 12.3. The molecule has 5 N–H and O–H groups in total. The Morgan fingerprint density at radius 3 is 2.30 bits per heavy atom. The average molecular weight is 528 g/mol. The molecule has 0 unspecified atom stereocenters. The number of hydrogen-bond donors (Lipinski definition) is 3. The number of aromatic nitrogens is 1. The fraction of sp³-hybridized carbons (Fsp3) is 0.308. The number of rotatable bonds is 11. The van der Waals surface area contributed by atoms with Crippen LogP contribution < -0.4 is 21.5 Å². The molecule has 0 spiro atoms. The van der Waals surface area contributed by atoms with Crippen LogP contribution in [0, 0.1) is 11.7 Å². The monoisotopic (exact) mass is 527 g/mol. The summed E-state index contributed by atoms with van der Waals surface area (Å²) >= 11 is 0.727. The van der Waals surface area contributed by atoms with Crippen molar-refractivity contribution in [1.82, 2.24) is 14.6 Å². The minimum absolute atomic E-state index is 0.0237. The summed E-state index contributed by atoms with van der Waals surface area (Å²) in [7, 11) is 1.53. The highest BCUT2D eigenvalue weighted by Crippen LogP contribution is 2.31. The molecule has 1 atom stereocenters. The Bertz CT molecular complexity index is 1240. The number of amides is 3. The first kappa shape index (κ1) is 27.6. The third-order valence-electron chi connectivity index (χ3n) is 5.70. The van der Waals surface area contributed by atoms with E-state index in [-0.39, 0.29) is 22.8 Å². The summed E-state index contributed by atoms with van der Waals surface area (Å²) in [5.74, 6) is -1.38. The predicted octanol–water partition coefficient (Wildman–Crippen LogP) is 3.52. The second-order valence-corrected chi connectivity index (χ2v) is 9.62. The van der Waals surface area contributed by atoms with Gasteiger partial charge in [0.25, 0.3) is 11.8 Å². The largest absolute Gasteiger partial charge is 0.497 e. The molecule has 9 nitrogen and oxygen atoms in total. The van der Waals surface area contributed by atoms with E-state index >= 15 is 0 Å². The molecule has 0 aliphatic heterocycles. The molecule has 11 heteroatoms. The Balaban J connectivity index is 2.09. The first-order valence-corrected chi connectivity index (χ1v) is 12.4. The lowest BCUT2D eigenvalue weighted by Gasteiger charge is -2.31. The maximum atomic E-state index is 13.9. The fourth-order valence-corrected chi connectivity index (χ4v) is 4.43. The van der Waals surface area contributed by atoms with E-state index in [0.29, 0.717) is 29.3 Å². The first-order valence-electron chi connectivity index (χ1n) is 11.6. The van der Waals surface area contributed by atoms with Crippen LogP contribution in [-0.4, -0.2) is 40.6 Å². The minimum atomic E-state index is -1.07. The van der Waals surface area contributed by atoms with Gasteiger partial charge >= 0.3 is 0 Å². The number of nitrogens with one attached hydrogen (secondary N) is 1. The molecule has 1 heterocycles. The van der Waals surface area contributed by atoms with Gasteiger partial charge in [-0.2, -0.15) is 4.37 Å². The molecule has 0 aliphatic rings. The summed E-state index contributed by atoms with van der Waals surface area (Å²) in [4.78, 5) is 40.5. The molecule has 1 aromatic heterocycles. The van der Waals surface area contributed by atoms with E-state index in [1.165, 1.54) is 36.3 Å². The lowest BCUT2D eigenvalue weighted by atomic mass is 10.0. The molecule has 3 aromatic rings. The lowest BCUT2D eigenvalue weighted by molar-refractivity contribution is -0.126. The summed E-state index contributed by atoms with van der Waals surface area (Å²) in [6.45, 7) is 4.45. The number of carbonyl (C=O) groups excluding carboxylic acids is 3. The lowest BCUT2D eigenvalue weighted by Crippen LogP contribution is -2.43. The van der Waals surface area contributed by atoms with Crippen molar-refractivity contribution in [2.45, 2.75) is 32.9 Å². The van der Waals surface area contributed by atoms with Crippen LogP contribution in [0.25, 0.3) is 0 Å². The van der Waals surface area contributed by atoms with Gasteiger partial charge in [0, 0.05) is 13.1 Å². The number of hydrogen-bond acceptors (Lipinski definition) is 7. The summed E-state index contributed by atoms with van der Waals surface area (Å²) in [5.41, 5.74) is 12.1.